The SMILES string of the molecule is CC.CC(=O)CC(c1c[c-]cc(C)c1)N(C)C.[Y]. The Labute approximate surface area is 137 Å². The summed E-state index contributed by atoms with van der Waals surface area (Å²) < 4.78 is 0. The fourth-order valence-corrected chi connectivity index (χ4v) is 1.68. The molecule has 0 amide bonds. The first kappa shape index (κ1) is 20.3. The Morgan fingerprint density at radius 1 is 1.33 bits per heavy atom. The first-order chi connectivity index (χ1) is 8.00. The van der Waals surface area contributed by atoms with E-state index in [-0.39, 0.29) is 44.5 Å². The molecule has 3 heteroatoms. The van der Waals surface area contributed by atoms with Crippen LogP contribution in [-0.4, -0.2) is 24.8 Å². The summed E-state index contributed by atoms with van der Waals surface area (Å²) in [5.74, 6) is 0.218. The smallest absolute Gasteiger partial charge is 0.130 e. The van der Waals surface area contributed by atoms with E-state index in [1.54, 1.807) is 6.92 Å². The van der Waals surface area contributed by atoms with Crippen molar-refractivity contribution in [2.24, 2.45) is 0 Å². The van der Waals surface area contributed by atoms with Crippen molar-refractivity contribution in [2.75, 3.05) is 14.1 Å². The molecule has 1 aromatic rings. The van der Waals surface area contributed by atoms with Gasteiger partial charge in [-0.2, -0.15) is 29.8 Å². The molecule has 18 heavy (non-hydrogen) atoms. The Balaban J connectivity index is 0. The standard InChI is InChI=1S/C13H18NO.C2H6.Y/c1-10-6-5-7-12(8-10)13(14(3)4)9-11(2)15;1-2;/h6-8,13H,9H2,1-4H3;1-2H3;/q-1;;. The fraction of sp³-hybridized carbons (Fsp3) is 0.533. The van der Waals surface area contributed by atoms with E-state index in [2.05, 4.69) is 17.0 Å². The van der Waals surface area contributed by atoms with Gasteiger partial charge in [-0.05, 0) is 27.1 Å². The second kappa shape index (κ2) is 10.8. The number of carbonyl (C=O) groups is 1. The molecule has 0 aromatic heterocycles. The number of aryl methyl sites for hydroxylation is 1. The van der Waals surface area contributed by atoms with E-state index in [0.717, 1.165) is 5.56 Å². The maximum Gasteiger partial charge on any atom is 0.130 e. The first-order valence-electron chi connectivity index (χ1n) is 6.14. The number of carbonyl (C=O) groups excluding carboxylic acids is 1. The Hall–Kier alpha value is -0.0461. The zero-order chi connectivity index (χ0) is 13.4. The molecule has 0 aliphatic carbocycles. The molecule has 0 spiro atoms. The summed E-state index contributed by atoms with van der Waals surface area (Å²) >= 11 is 0. The van der Waals surface area contributed by atoms with Gasteiger partial charge in [-0.1, -0.05) is 20.8 Å². The van der Waals surface area contributed by atoms with Gasteiger partial charge < -0.3 is 4.90 Å². The number of Topliss-reactive ketones (excluding diaryl/α,β-unsaturated/α-hetero) is 1. The Kier molecular flexibility index (Phi) is 12.2. The maximum atomic E-state index is 11.2. The molecular formula is C15H24NOY-. The van der Waals surface area contributed by atoms with E-state index < -0.39 is 0 Å². The predicted molar refractivity (Wildman–Crippen MR) is 73.1 cm³/mol. The van der Waals surface area contributed by atoms with Crippen molar-refractivity contribution in [1.82, 2.24) is 4.90 Å². The first-order valence-corrected chi connectivity index (χ1v) is 6.14. The van der Waals surface area contributed by atoms with Crippen molar-refractivity contribution in [1.29, 1.82) is 0 Å². The van der Waals surface area contributed by atoms with Crippen LogP contribution in [0.4, 0.5) is 0 Å². The molecular weight excluding hydrogens is 299 g/mol. The van der Waals surface area contributed by atoms with Gasteiger partial charge in [0.25, 0.3) is 0 Å². The number of benzene rings is 1. The van der Waals surface area contributed by atoms with Crippen LogP contribution < -0.4 is 0 Å². The Morgan fingerprint density at radius 2 is 1.89 bits per heavy atom. The Bertz CT molecular complexity index is 350. The number of ketones is 1. The minimum Gasteiger partial charge on any atom is -0.313 e. The summed E-state index contributed by atoms with van der Waals surface area (Å²) in [4.78, 5) is 13.3. The molecule has 0 heterocycles. The summed E-state index contributed by atoms with van der Waals surface area (Å²) in [5.41, 5.74) is 2.35. The second-order valence-corrected chi connectivity index (χ2v) is 4.23. The summed E-state index contributed by atoms with van der Waals surface area (Å²) in [7, 11) is 3.99. The number of nitrogens with zero attached hydrogens (tertiary/aromatic N) is 1. The van der Waals surface area contributed by atoms with Crippen LogP contribution in [0, 0.1) is 13.0 Å². The third kappa shape index (κ3) is 7.40. The van der Waals surface area contributed by atoms with Gasteiger partial charge in [0.1, 0.15) is 5.78 Å². The van der Waals surface area contributed by atoms with Crippen molar-refractivity contribution >= 4 is 5.78 Å². The van der Waals surface area contributed by atoms with Gasteiger partial charge in [0.05, 0.1) is 0 Å². The summed E-state index contributed by atoms with van der Waals surface area (Å²) in [6.45, 7) is 7.68. The van der Waals surface area contributed by atoms with Crippen LogP contribution in [0.15, 0.2) is 18.2 Å². The van der Waals surface area contributed by atoms with Gasteiger partial charge in [0.15, 0.2) is 0 Å². The van der Waals surface area contributed by atoms with Crippen LogP contribution in [0.3, 0.4) is 0 Å². The van der Waals surface area contributed by atoms with Gasteiger partial charge in [-0.25, -0.2) is 0 Å². The quantitative estimate of drug-likeness (QED) is 0.792. The van der Waals surface area contributed by atoms with Gasteiger partial charge in [-0.3, -0.25) is 4.79 Å². The van der Waals surface area contributed by atoms with Crippen molar-refractivity contribution < 1.29 is 37.5 Å². The molecule has 1 aromatic carbocycles. The van der Waals surface area contributed by atoms with Crippen LogP contribution in [0.1, 0.15) is 44.4 Å². The summed E-state index contributed by atoms with van der Waals surface area (Å²) in [6, 6.07) is 9.29. The average Bonchev–Trinajstić information content (AvgIpc) is 2.28. The van der Waals surface area contributed by atoms with Crippen LogP contribution in [0.5, 0.6) is 0 Å². The van der Waals surface area contributed by atoms with E-state index in [1.807, 2.05) is 47.0 Å². The molecule has 0 saturated carbocycles. The molecule has 0 aliphatic heterocycles. The van der Waals surface area contributed by atoms with Crippen LogP contribution in [0.2, 0.25) is 0 Å². The van der Waals surface area contributed by atoms with Gasteiger partial charge in [-0.15, -0.1) is 5.56 Å². The molecule has 0 aliphatic rings. The van der Waals surface area contributed by atoms with Crippen molar-refractivity contribution in [3.8, 4) is 0 Å². The molecule has 0 fully saturated rings. The molecule has 0 saturated heterocycles. The van der Waals surface area contributed by atoms with Gasteiger partial charge in [0, 0.05) is 39.1 Å². The van der Waals surface area contributed by atoms with Gasteiger partial charge >= 0.3 is 0 Å². The topological polar surface area (TPSA) is 20.3 Å². The Morgan fingerprint density at radius 3 is 2.28 bits per heavy atom. The minimum absolute atomic E-state index is 0. The van der Waals surface area contributed by atoms with Crippen LogP contribution in [-0.2, 0) is 37.5 Å². The number of rotatable bonds is 4. The monoisotopic (exact) mass is 323 g/mol. The van der Waals surface area contributed by atoms with E-state index in [9.17, 15) is 4.79 Å². The van der Waals surface area contributed by atoms with E-state index in [0.29, 0.717) is 6.42 Å². The second-order valence-electron chi connectivity index (χ2n) is 4.23. The van der Waals surface area contributed by atoms with E-state index in [1.165, 1.54) is 5.56 Å². The molecule has 1 unspecified atom stereocenters. The minimum atomic E-state index is 0. The molecule has 0 bridgehead atoms. The van der Waals surface area contributed by atoms with Crippen molar-refractivity contribution in [3.63, 3.8) is 0 Å². The van der Waals surface area contributed by atoms with Gasteiger partial charge in [0.2, 0.25) is 0 Å². The van der Waals surface area contributed by atoms with Crippen molar-refractivity contribution in [3.05, 3.63) is 35.4 Å². The average molecular weight is 323 g/mol. The normalized spacial score (nSPS) is 11.1. The van der Waals surface area contributed by atoms with Crippen LogP contribution >= 0.6 is 0 Å². The zero-order valence-corrected chi connectivity index (χ0v) is 15.3. The van der Waals surface area contributed by atoms with Crippen LogP contribution in [0.25, 0.3) is 0 Å². The van der Waals surface area contributed by atoms with E-state index >= 15 is 0 Å². The number of hydrogen-bond acceptors (Lipinski definition) is 2. The fourth-order valence-electron chi connectivity index (χ4n) is 1.68. The third-order valence-corrected chi connectivity index (χ3v) is 2.44. The predicted octanol–water partition coefficient (Wildman–Crippen LogP) is 3.40. The number of hydrogen-bond donors (Lipinski definition) is 0. The molecule has 99 valence electrons. The summed E-state index contributed by atoms with van der Waals surface area (Å²) in [5, 5.41) is 0. The molecule has 2 nitrogen and oxygen atoms in total. The molecule has 0 N–H and O–H groups in total. The van der Waals surface area contributed by atoms with Crippen molar-refractivity contribution in [2.45, 2.75) is 40.2 Å². The summed E-state index contributed by atoms with van der Waals surface area (Å²) in [6.07, 6.45) is 0.560. The molecule has 1 atom stereocenters. The third-order valence-electron chi connectivity index (χ3n) is 2.44. The molecule has 1 radical (unpaired) electrons. The molecule has 1 rings (SSSR count). The zero-order valence-electron chi connectivity index (χ0n) is 12.4. The maximum absolute atomic E-state index is 11.2. The van der Waals surface area contributed by atoms with E-state index in [4.69, 9.17) is 0 Å². The largest absolute Gasteiger partial charge is 0.313 e.